The van der Waals surface area contributed by atoms with E-state index in [1.165, 1.54) is 0 Å². The number of nitriles is 1. The van der Waals surface area contributed by atoms with Crippen LogP contribution in [0.3, 0.4) is 0 Å². The molecule has 28 heavy (non-hydrogen) atoms. The first-order valence-corrected chi connectivity index (χ1v) is 11.9. The number of hydrogen-bond donors (Lipinski definition) is 0. The van der Waals surface area contributed by atoms with Crippen molar-refractivity contribution in [3.63, 3.8) is 0 Å². The van der Waals surface area contributed by atoms with Gasteiger partial charge in [0.2, 0.25) is 0 Å². The first-order chi connectivity index (χ1) is 13.4. The zero-order chi connectivity index (χ0) is 19.9. The van der Waals surface area contributed by atoms with Crippen LogP contribution in [0.4, 0.5) is 10.5 Å². The number of sulfone groups is 1. The second-order valence-corrected chi connectivity index (χ2v) is 10.0. The number of rotatable bonds is 4. The number of benzene rings is 2. The first kappa shape index (κ1) is 18.8. The summed E-state index contributed by atoms with van der Waals surface area (Å²) in [5.41, 5.74) is 2.05. The average Bonchev–Trinajstić information content (AvgIpc) is 3.12. The second kappa shape index (κ2) is 7.15. The van der Waals surface area contributed by atoms with Crippen molar-refractivity contribution in [1.82, 2.24) is 4.90 Å². The van der Waals surface area contributed by atoms with Crippen LogP contribution in [0, 0.1) is 11.3 Å². The Balaban J connectivity index is 1.71. The fourth-order valence-corrected chi connectivity index (χ4v) is 6.36. The van der Waals surface area contributed by atoms with Gasteiger partial charge in [-0.2, -0.15) is 5.26 Å². The summed E-state index contributed by atoms with van der Waals surface area (Å²) >= 11 is 1.58. The topological polar surface area (TPSA) is 81.5 Å². The van der Waals surface area contributed by atoms with Crippen molar-refractivity contribution in [2.45, 2.75) is 23.5 Å². The van der Waals surface area contributed by atoms with Crippen molar-refractivity contribution in [1.29, 1.82) is 5.26 Å². The Morgan fingerprint density at radius 2 is 1.89 bits per heavy atom. The fraction of sp³-hybridized carbons (Fsp3) is 0.300. The SMILES string of the molecule is CSc1cccc(N2C(=O)N(Cc3cccc(C#N)c3)C3CS(=O)(=O)CC32)c1. The Hall–Kier alpha value is -2.50. The number of fused-ring (bicyclic) bond motifs is 1. The van der Waals surface area contributed by atoms with Crippen LogP contribution in [0.1, 0.15) is 11.1 Å². The zero-order valence-corrected chi connectivity index (χ0v) is 16.9. The number of carbonyl (C=O) groups excluding carboxylic acids is 1. The quantitative estimate of drug-likeness (QED) is 0.569. The van der Waals surface area contributed by atoms with Crippen molar-refractivity contribution < 1.29 is 13.2 Å². The lowest BCUT2D eigenvalue weighted by Crippen LogP contribution is -2.37. The molecule has 8 heteroatoms. The maximum absolute atomic E-state index is 13.3. The molecule has 0 bridgehead atoms. The zero-order valence-electron chi connectivity index (χ0n) is 15.3. The van der Waals surface area contributed by atoms with E-state index in [2.05, 4.69) is 6.07 Å². The Labute approximate surface area is 168 Å². The minimum atomic E-state index is -3.22. The number of thioether (sulfide) groups is 1. The van der Waals surface area contributed by atoms with Crippen LogP contribution in [0.5, 0.6) is 0 Å². The van der Waals surface area contributed by atoms with Gasteiger partial charge in [0.1, 0.15) is 0 Å². The third-order valence-electron chi connectivity index (χ3n) is 5.22. The Morgan fingerprint density at radius 1 is 1.14 bits per heavy atom. The van der Waals surface area contributed by atoms with Gasteiger partial charge >= 0.3 is 6.03 Å². The number of nitrogens with zero attached hydrogens (tertiary/aromatic N) is 3. The number of carbonyl (C=O) groups is 1. The summed E-state index contributed by atoms with van der Waals surface area (Å²) in [4.78, 5) is 17.6. The van der Waals surface area contributed by atoms with Gasteiger partial charge < -0.3 is 4.90 Å². The normalized spacial score (nSPS) is 22.9. The van der Waals surface area contributed by atoms with E-state index < -0.39 is 15.9 Å². The minimum Gasteiger partial charge on any atom is -0.314 e. The van der Waals surface area contributed by atoms with E-state index in [4.69, 9.17) is 5.26 Å². The molecule has 144 valence electrons. The number of anilines is 1. The average molecular weight is 414 g/mol. The van der Waals surface area contributed by atoms with E-state index in [-0.39, 0.29) is 30.1 Å². The molecule has 2 saturated heterocycles. The number of amides is 2. The molecule has 2 aliphatic rings. The van der Waals surface area contributed by atoms with Crippen LogP contribution in [0.15, 0.2) is 53.4 Å². The van der Waals surface area contributed by atoms with E-state index in [1.807, 2.05) is 36.6 Å². The van der Waals surface area contributed by atoms with Crippen LogP contribution in [0.2, 0.25) is 0 Å². The molecule has 6 nitrogen and oxygen atoms in total. The van der Waals surface area contributed by atoms with Gasteiger partial charge in [-0.05, 0) is 42.2 Å². The van der Waals surface area contributed by atoms with E-state index in [0.717, 1.165) is 16.1 Å². The number of urea groups is 1. The highest BCUT2D eigenvalue weighted by Crippen LogP contribution is 2.37. The van der Waals surface area contributed by atoms with Gasteiger partial charge in [-0.15, -0.1) is 11.8 Å². The van der Waals surface area contributed by atoms with Gasteiger partial charge in [0.15, 0.2) is 9.84 Å². The van der Waals surface area contributed by atoms with Crippen LogP contribution in [-0.4, -0.2) is 49.2 Å². The molecule has 2 amide bonds. The molecule has 2 atom stereocenters. The summed E-state index contributed by atoms with van der Waals surface area (Å²) in [6, 6.07) is 15.8. The lowest BCUT2D eigenvalue weighted by molar-refractivity contribution is 0.206. The van der Waals surface area contributed by atoms with Crippen LogP contribution >= 0.6 is 11.8 Å². The van der Waals surface area contributed by atoms with E-state index in [9.17, 15) is 13.2 Å². The second-order valence-electron chi connectivity index (χ2n) is 7.01. The summed E-state index contributed by atoms with van der Waals surface area (Å²) < 4.78 is 24.7. The Kier molecular flexibility index (Phi) is 4.81. The lowest BCUT2D eigenvalue weighted by atomic mass is 10.1. The minimum absolute atomic E-state index is 0.0262. The van der Waals surface area contributed by atoms with Crippen molar-refractivity contribution in [2.75, 3.05) is 22.7 Å². The molecule has 0 N–H and O–H groups in total. The summed E-state index contributed by atoms with van der Waals surface area (Å²) in [7, 11) is -3.22. The van der Waals surface area contributed by atoms with Crippen molar-refractivity contribution >= 4 is 33.3 Å². The summed E-state index contributed by atoms with van der Waals surface area (Å²) in [6.45, 7) is 0.282. The predicted octanol–water partition coefficient (Wildman–Crippen LogP) is 2.89. The van der Waals surface area contributed by atoms with E-state index in [0.29, 0.717) is 5.56 Å². The van der Waals surface area contributed by atoms with Gasteiger partial charge in [-0.25, -0.2) is 13.2 Å². The third-order valence-corrected chi connectivity index (χ3v) is 7.64. The molecule has 2 aromatic carbocycles. The molecule has 2 aliphatic heterocycles. The standard InChI is InChI=1S/C20H19N3O3S2/c1-27-17-7-3-6-16(9-17)23-19-13-28(25,26)12-18(19)22(20(23)24)11-15-5-2-4-14(8-15)10-21/h2-9,18-19H,11-13H2,1H3. The molecular weight excluding hydrogens is 394 g/mol. The van der Waals surface area contributed by atoms with E-state index in [1.54, 1.807) is 39.8 Å². The lowest BCUT2D eigenvalue weighted by Gasteiger charge is -2.23. The summed E-state index contributed by atoms with van der Waals surface area (Å²) in [5.74, 6) is -0.0539. The van der Waals surface area contributed by atoms with Crippen LogP contribution in [-0.2, 0) is 16.4 Å². The van der Waals surface area contributed by atoms with E-state index >= 15 is 0 Å². The van der Waals surface area contributed by atoms with Crippen LogP contribution < -0.4 is 4.90 Å². The number of hydrogen-bond acceptors (Lipinski definition) is 5. The smallest absolute Gasteiger partial charge is 0.314 e. The monoisotopic (exact) mass is 413 g/mol. The third kappa shape index (κ3) is 3.36. The van der Waals surface area contributed by atoms with Gasteiger partial charge in [-0.1, -0.05) is 18.2 Å². The Morgan fingerprint density at radius 3 is 2.64 bits per heavy atom. The molecule has 0 saturated carbocycles. The molecule has 0 aromatic heterocycles. The van der Waals surface area contributed by atoms with Gasteiger partial charge in [0.05, 0.1) is 35.2 Å². The van der Waals surface area contributed by atoms with Crippen molar-refractivity contribution in [3.8, 4) is 6.07 Å². The molecule has 4 rings (SSSR count). The molecule has 2 fully saturated rings. The molecule has 2 heterocycles. The maximum atomic E-state index is 13.3. The van der Waals surface area contributed by atoms with Gasteiger partial charge in [-0.3, -0.25) is 4.90 Å². The molecule has 0 aliphatic carbocycles. The highest BCUT2D eigenvalue weighted by atomic mass is 32.2. The molecule has 0 spiro atoms. The van der Waals surface area contributed by atoms with Crippen molar-refractivity contribution in [2.24, 2.45) is 0 Å². The highest BCUT2D eigenvalue weighted by molar-refractivity contribution is 7.98. The van der Waals surface area contributed by atoms with Gasteiger partial charge in [0, 0.05) is 17.1 Å². The fourth-order valence-electron chi connectivity index (χ4n) is 3.96. The predicted molar refractivity (Wildman–Crippen MR) is 109 cm³/mol. The molecule has 2 unspecified atom stereocenters. The summed E-state index contributed by atoms with van der Waals surface area (Å²) in [5, 5.41) is 9.11. The molecular formula is C20H19N3O3S2. The highest BCUT2D eigenvalue weighted by Gasteiger charge is 2.53. The maximum Gasteiger partial charge on any atom is 0.325 e. The summed E-state index contributed by atoms with van der Waals surface area (Å²) in [6.07, 6.45) is 1.96. The Bertz CT molecular complexity index is 1080. The van der Waals surface area contributed by atoms with Crippen LogP contribution in [0.25, 0.3) is 0 Å². The first-order valence-electron chi connectivity index (χ1n) is 8.85. The van der Waals surface area contributed by atoms with Crippen molar-refractivity contribution in [3.05, 3.63) is 59.7 Å². The molecule has 2 aromatic rings. The largest absolute Gasteiger partial charge is 0.325 e. The molecule has 0 radical (unpaired) electrons. The van der Waals surface area contributed by atoms with Gasteiger partial charge in [0.25, 0.3) is 0 Å².